The predicted octanol–water partition coefficient (Wildman–Crippen LogP) is 10.2. The van der Waals surface area contributed by atoms with Gasteiger partial charge in [-0.15, -0.1) is 4.90 Å². The Morgan fingerprint density at radius 2 is 1.32 bits per heavy atom. The van der Waals surface area contributed by atoms with Gasteiger partial charge in [0, 0.05) is 17.4 Å². The van der Waals surface area contributed by atoms with Gasteiger partial charge in [-0.25, -0.2) is 0 Å². The molecule has 0 aromatic heterocycles. The number of hydrogen-bond donors (Lipinski definition) is 0. The van der Waals surface area contributed by atoms with Gasteiger partial charge < -0.3 is 0 Å². The first-order valence-corrected chi connectivity index (χ1v) is 14.0. The third-order valence-corrected chi connectivity index (χ3v) is 9.15. The summed E-state index contributed by atoms with van der Waals surface area (Å²) in [5.41, 5.74) is 8.73. The molecule has 0 N–H and O–H groups in total. The van der Waals surface area contributed by atoms with E-state index in [2.05, 4.69) is 38.1 Å². The number of halogens is 6. The lowest BCUT2D eigenvalue weighted by Crippen LogP contribution is -2.49. The van der Waals surface area contributed by atoms with Crippen LogP contribution in [0.3, 0.4) is 0 Å². The van der Waals surface area contributed by atoms with E-state index in [0.717, 1.165) is 75.8 Å². The average Bonchev–Trinajstić information content (AvgIpc) is 3.26. The number of benzene rings is 3. The molecule has 0 bridgehead atoms. The summed E-state index contributed by atoms with van der Waals surface area (Å²) in [5, 5.41) is 0. The highest BCUT2D eigenvalue weighted by Gasteiger charge is 2.56. The minimum atomic E-state index is -5.52. The zero-order valence-corrected chi connectivity index (χ0v) is 23.6. The Labute approximate surface area is 232 Å². The van der Waals surface area contributed by atoms with Gasteiger partial charge in [-0.1, -0.05) is 87.7 Å². The predicted molar refractivity (Wildman–Crippen MR) is 147 cm³/mol. The second kappa shape index (κ2) is 9.64. The molecular formula is C33H35F6N. The van der Waals surface area contributed by atoms with Gasteiger partial charge in [0.2, 0.25) is 0 Å². The highest BCUT2D eigenvalue weighted by Crippen LogP contribution is 2.62. The normalized spacial score (nSPS) is 19.0. The van der Waals surface area contributed by atoms with E-state index in [9.17, 15) is 26.3 Å². The Morgan fingerprint density at radius 1 is 0.700 bits per heavy atom. The molecule has 0 saturated carbocycles. The van der Waals surface area contributed by atoms with Gasteiger partial charge in [0.1, 0.15) is 0 Å². The first-order valence-electron chi connectivity index (χ1n) is 14.0. The van der Waals surface area contributed by atoms with Crippen molar-refractivity contribution in [2.24, 2.45) is 0 Å². The van der Waals surface area contributed by atoms with Gasteiger partial charge >= 0.3 is 12.6 Å². The summed E-state index contributed by atoms with van der Waals surface area (Å²) in [7, 11) is 0. The van der Waals surface area contributed by atoms with Crippen molar-refractivity contribution >= 4 is 0 Å². The molecule has 7 heteroatoms. The summed E-state index contributed by atoms with van der Waals surface area (Å²) in [4.78, 5) is -1.27. The van der Waals surface area contributed by atoms with Crippen molar-refractivity contribution in [2.75, 3.05) is 6.54 Å². The number of nitrogens with zero attached hydrogens (tertiary/aromatic N) is 1. The lowest BCUT2D eigenvalue weighted by atomic mass is 9.65. The lowest BCUT2D eigenvalue weighted by molar-refractivity contribution is -0.373. The number of fused-ring (bicyclic) bond motifs is 7. The molecule has 40 heavy (non-hydrogen) atoms. The SMILES string of the molecule is CCCC1(CCC)c2ccc(C)cc2-c2ccc3c(c21)C(C)(CCN(C(F)(F)F)C(F)(F)F)c1cccc(C)c1-3. The van der Waals surface area contributed by atoms with Gasteiger partial charge in [-0.05, 0) is 83.2 Å². The number of alkyl halides is 6. The molecule has 1 atom stereocenters. The van der Waals surface area contributed by atoms with E-state index in [0.29, 0.717) is 0 Å². The van der Waals surface area contributed by atoms with Crippen molar-refractivity contribution < 1.29 is 26.3 Å². The van der Waals surface area contributed by atoms with Gasteiger partial charge in [0.15, 0.2) is 0 Å². The van der Waals surface area contributed by atoms with Crippen LogP contribution in [0.4, 0.5) is 26.3 Å². The number of aryl methyl sites for hydroxylation is 2. The minimum Gasteiger partial charge on any atom is -0.155 e. The Balaban J connectivity index is 1.81. The summed E-state index contributed by atoms with van der Waals surface area (Å²) in [6, 6.07) is 16.3. The average molecular weight is 560 g/mol. The van der Waals surface area contributed by atoms with Crippen LogP contribution in [0.2, 0.25) is 0 Å². The fraction of sp³-hybridized carbons (Fsp3) is 0.455. The van der Waals surface area contributed by atoms with Crippen molar-refractivity contribution in [2.45, 2.75) is 90.2 Å². The fourth-order valence-corrected chi connectivity index (χ4v) is 7.65. The Morgan fingerprint density at radius 3 is 1.93 bits per heavy atom. The first kappa shape index (κ1) is 28.7. The summed E-state index contributed by atoms with van der Waals surface area (Å²) in [5.74, 6) is 0. The molecule has 0 heterocycles. The van der Waals surface area contributed by atoms with E-state index in [-0.39, 0.29) is 11.8 Å². The maximum atomic E-state index is 13.6. The van der Waals surface area contributed by atoms with Crippen LogP contribution in [0.5, 0.6) is 0 Å². The van der Waals surface area contributed by atoms with Crippen LogP contribution in [0, 0.1) is 13.8 Å². The Bertz CT molecular complexity index is 1430. The van der Waals surface area contributed by atoms with Crippen molar-refractivity contribution in [3.05, 3.63) is 81.9 Å². The molecule has 1 nitrogen and oxygen atoms in total. The molecule has 0 spiro atoms. The molecule has 0 radical (unpaired) electrons. The van der Waals surface area contributed by atoms with Gasteiger partial charge in [0.05, 0.1) is 0 Å². The topological polar surface area (TPSA) is 3.24 Å². The molecule has 214 valence electrons. The van der Waals surface area contributed by atoms with Crippen LogP contribution in [0.1, 0.15) is 86.3 Å². The summed E-state index contributed by atoms with van der Waals surface area (Å²) in [6.07, 6.45) is -7.87. The maximum Gasteiger partial charge on any atom is 0.467 e. The molecule has 0 aliphatic heterocycles. The third kappa shape index (κ3) is 4.18. The fourth-order valence-electron chi connectivity index (χ4n) is 7.65. The molecular weight excluding hydrogens is 524 g/mol. The van der Waals surface area contributed by atoms with Crippen LogP contribution in [0.25, 0.3) is 22.3 Å². The van der Waals surface area contributed by atoms with Gasteiger partial charge in [-0.3, -0.25) is 0 Å². The summed E-state index contributed by atoms with van der Waals surface area (Å²) >= 11 is 0. The van der Waals surface area contributed by atoms with E-state index < -0.39 is 29.5 Å². The van der Waals surface area contributed by atoms with E-state index in [4.69, 9.17) is 0 Å². The van der Waals surface area contributed by atoms with Crippen LogP contribution < -0.4 is 0 Å². The smallest absolute Gasteiger partial charge is 0.155 e. The van der Waals surface area contributed by atoms with Crippen molar-refractivity contribution in [1.82, 2.24) is 4.90 Å². The maximum absolute atomic E-state index is 13.6. The monoisotopic (exact) mass is 559 g/mol. The zero-order valence-electron chi connectivity index (χ0n) is 23.6. The van der Waals surface area contributed by atoms with E-state index >= 15 is 0 Å². The van der Waals surface area contributed by atoms with E-state index in [1.165, 1.54) is 5.56 Å². The van der Waals surface area contributed by atoms with Crippen molar-refractivity contribution in [3.63, 3.8) is 0 Å². The van der Waals surface area contributed by atoms with Crippen LogP contribution in [-0.4, -0.2) is 24.0 Å². The van der Waals surface area contributed by atoms with Gasteiger partial charge in [0.25, 0.3) is 0 Å². The molecule has 2 aliphatic rings. The summed E-state index contributed by atoms with van der Waals surface area (Å²) in [6.45, 7) is 8.94. The molecule has 3 aromatic carbocycles. The molecule has 0 amide bonds. The highest BCUT2D eigenvalue weighted by atomic mass is 19.4. The van der Waals surface area contributed by atoms with Crippen LogP contribution in [-0.2, 0) is 10.8 Å². The van der Waals surface area contributed by atoms with Crippen LogP contribution >= 0.6 is 0 Å². The van der Waals surface area contributed by atoms with Crippen LogP contribution in [0.15, 0.2) is 48.5 Å². The zero-order chi connectivity index (χ0) is 29.3. The van der Waals surface area contributed by atoms with E-state index in [1.807, 2.05) is 45.0 Å². The van der Waals surface area contributed by atoms with E-state index in [1.54, 1.807) is 0 Å². The second-order valence-electron chi connectivity index (χ2n) is 11.7. The number of rotatable bonds is 7. The standard InChI is InChI=1S/C33H35F6N/c1-6-15-31(16-7-2)25-14-11-20(3)19-24(25)22-12-13-23-27-21(4)9-8-10-26(27)30(5,28(23)29(22)31)17-18-40(32(34,35)36)33(37,38)39/h8-14,19H,6-7,15-18H2,1-5H3. The van der Waals surface area contributed by atoms with Gasteiger partial charge in [-0.2, -0.15) is 26.3 Å². The Kier molecular flexibility index (Phi) is 6.92. The largest absolute Gasteiger partial charge is 0.467 e. The lowest BCUT2D eigenvalue weighted by Gasteiger charge is -2.38. The number of hydrogen-bond acceptors (Lipinski definition) is 1. The molecule has 1 unspecified atom stereocenters. The Hall–Kier alpha value is -2.80. The summed E-state index contributed by atoms with van der Waals surface area (Å²) < 4.78 is 81.8. The molecule has 5 rings (SSSR count). The second-order valence-corrected chi connectivity index (χ2v) is 11.7. The van der Waals surface area contributed by atoms with Crippen molar-refractivity contribution in [1.29, 1.82) is 0 Å². The molecule has 3 aromatic rings. The molecule has 2 aliphatic carbocycles. The highest BCUT2D eigenvalue weighted by molar-refractivity contribution is 5.92. The molecule has 0 fully saturated rings. The quantitative estimate of drug-likeness (QED) is 0.206. The van der Waals surface area contributed by atoms with Crippen molar-refractivity contribution in [3.8, 4) is 22.3 Å². The molecule has 0 saturated heterocycles. The third-order valence-electron chi connectivity index (χ3n) is 9.15. The first-order chi connectivity index (χ1) is 18.7. The minimum absolute atomic E-state index is 0.324.